The molecule has 0 unspecified atom stereocenters. The van der Waals surface area contributed by atoms with E-state index in [1.54, 1.807) is 0 Å². The molecule has 0 bridgehead atoms. The van der Waals surface area contributed by atoms with Gasteiger partial charge in [-0.25, -0.2) is 0 Å². The van der Waals surface area contributed by atoms with E-state index in [2.05, 4.69) is 29.2 Å². The van der Waals surface area contributed by atoms with Crippen LogP contribution in [0.15, 0.2) is 84.9 Å². The van der Waals surface area contributed by atoms with Crippen molar-refractivity contribution in [3.8, 4) is 5.75 Å². The monoisotopic (exact) mass is 417 g/mol. The fraction of sp³-hybridized carbons (Fsp3) is 0.333. The molecule has 1 heterocycles. The molecule has 1 saturated heterocycles. The van der Waals surface area contributed by atoms with Crippen LogP contribution in [-0.2, 0) is 23.3 Å². The van der Waals surface area contributed by atoms with Gasteiger partial charge in [0.15, 0.2) is 0 Å². The molecule has 0 radical (unpaired) electrons. The predicted octanol–water partition coefficient (Wildman–Crippen LogP) is 4.42. The van der Waals surface area contributed by atoms with Crippen molar-refractivity contribution in [2.24, 2.45) is 0 Å². The van der Waals surface area contributed by atoms with E-state index in [0.717, 1.165) is 30.0 Å². The highest BCUT2D eigenvalue weighted by molar-refractivity contribution is 5.37. The van der Waals surface area contributed by atoms with Crippen LogP contribution in [0, 0.1) is 0 Å². The molecular weight excluding hydrogens is 386 g/mol. The first-order chi connectivity index (χ1) is 15.2. The Hall–Kier alpha value is -2.66. The zero-order valence-electron chi connectivity index (χ0n) is 18.1. The molecule has 3 aromatic rings. The summed E-state index contributed by atoms with van der Waals surface area (Å²) >= 11 is 0. The maximum Gasteiger partial charge on any atom is 0.122 e. The number of nitrogens with zero attached hydrogens (tertiary/aromatic N) is 1. The molecular formula is C27H31NO3. The van der Waals surface area contributed by atoms with Gasteiger partial charge >= 0.3 is 0 Å². The second kappa shape index (κ2) is 10.1. The molecule has 1 N–H and O–H groups in total. The highest BCUT2D eigenvalue weighted by atomic mass is 16.5. The van der Waals surface area contributed by atoms with Gasteiger partial charge < -0.3 is 14.6 Å². The predicted molar refractivity (Wildman–Crippen MR) is 123 cm³/mol. The molecule has 4 rings (SSSR count). The molecule has 1 aliphatic heterocycles. The molecule has 0 aromatic heterocycles. The van der Waals surface area contributed by atoms with Gasteiger partial charge in [0, 0.05) is 26.1 Å². The smallest absolute Gasteiger partial charge is 0.122 e. The summed E-state index contributed by atoms with van der Waals surface area (Å²) in [5.74, 6) is 0.816. The van der Waals surface area contributed by atoms with Gasteiger partial charge in [0.1, 0.15) is 17.5 Å². The van der Waals surface area contributed by atoms with E-state index >= 15 is 0 Å². The van der Waals surface area contributed by atoms with E-state index in [0.29, 0.717) is 26.2 Å². The lowest BCUT2D eigenvalue weighted by atomic mass is 9.81. The summed E-state index contributed by atoms with van der Waals surface area (Å²) in [5, 5.41) is 12.1. The molecule has 0 spiro atoms. The Bertz CT molecular complexity index is 947. The van der Waals surface area contributed by atoms with Gasteiger partial charge in [0.05, 0.1) is 13.2 Å². The minimum Gasteiger partial charge on any atom is -0.494 e. The molecule has 0 aliphatic carbocycles. The van der Waals surface area contributed by atoms with E-state index in [1.807, 2.05) is 67.6 Å². The highest BCUT2D eigenvalue weighted by Crippen LogP contribution is 2.35. The minimum absolute atomic E-state index is 0.345. The van der Waals surface area contributed by atoms with Gasteiger partial charge in [-0.2, -0.15) is 0 Å². The normalized spacial score (nSPS) is 19.0. The maximum atomic E-state index is 12.1. The van der Waals surface area contributed by atoms with Crippen LogP contribution in [-0.4, -0.2) is 42.4 Å². The second-order valence-electron chi connectivity index (χ2n) is 8.09. The second-order valence-corrected chi connectivity index (χ2v) is 8.09. The Morgan fingerprint density at radius 1 is 0.968 bits per heavy atom. The molecule has 1 fully saturated rings. The van der Waals surface area contributed by atoms with Crippen molar-refractivity contribution in [1.29, 1.82) is 0 Å². The number of rotatable bonds is 8. The summed E-state index contributed by atoms with van der Waals surface area (Å²) in [7, 11) is 0. The van der Waals surface area contributed by atoms with Crippen LogP contribution in [0.3, 0.4) is 0 Å². The van der Waals surface area contributed by atoms with Crippen LogP contribution in [0.25, 0.3) is 0 Å². The maximum absolute atomic E-state index is 12.1. The van der Waals surface area contributed by atoms with E-state index in [1.165, 1.54) is 5.56 Å². The summed E-state index contributed by atoms with van der Waals surface area (Å²) in [5.41, 5.74) is 1.96. The molecule has 1 aliphatic rings. The number of aliphatic hydroxyl groups is 1. The van der Waals surface area contributed by atoms with Crippen LogP contribution >= 0.6 is 0 Å². The number of para-hydroxylation sites is 1. The lowest BCUT2D eigenvalue weighted by Gasteiger charge is -2.42. The number of hydrogen-bond donors (Lipinski definition) is 1. The topological polar surface area (TPSA) is 41.9 Å². The Labute approximate surface area is 185 Å². The molecule has 2 atom stereocenters. The lowest BCUT2D eigenvalue weighted by Crippen LogP contribution is -2.53. The number of benzene rings is 3. The van der Waals surface area contributed by atoms with Crippen molar-refractivity contribution in [1.82, 2.24) is 4.90 Å². The summed E-state index contributed by atoms with van der Waals surface area (Å²) in [6, 6.07) is 28.3. The Morgan fingerprint density at radius 2 is 1.65 bits per heavy atom. The van der Waals surface area contributed by atoms with Gasteiger partial charge in [-0.1, -0.05) is 78.9 Å². The molecule has 3 aromatic carbocycles. The van der Waals surface area contributed by atoms with Crippen molar-refractivity contribution in [3.05, 3.63) is 102 Å². The van der Waals surface area contributed by atoms with Crippen LogP contribution in [0.4, 0.5) is 0 Å². The van der Waals surface area contributed by atoms with Gasteiger partial charge in [0.2, 0.25) is 0 Å². The summed E-state index contributed by atoms with van der Waals surface area (Å²) in [6.07, 6.45) is 0.0823. The minimum atomic E-state index is -1.16. The quantitative estimate of drug-likeness (QED) is 0.589. The van der Waals surface area contributed by atoms with Crippen molar-refractivity contribution < 1.29 is 14.6 Å². The standard InChI is InChI=1S/C27H31NO3/c1-2-30-25-16-10-9-13-23(25)19-27(29,24-14-7-4-8-15-24)26-21-28(17-18-31-26)20-22-11-5-3-6-12-22/h3-16,26,29H,2,17-21H2,1H3/t26-,27-/m1/s1. The third kappa shape index (κ3) is 5.16. The summed E-state index contributed by atoms with van der Waals surface area (Å²) < 4.78 is 12.0. The SMILES string of the molecule is CCOc1ccccc1C[C@@](O)(c1ccccc1)[C@H]1CN(Cc2ccccc2)CCO1. The van der Waals surface area contributed by atoms with E-state index in [4.69, 9.17) is 9.47 Å². The van der Waals surface area contributed by atoms with Crippen LogP contribution in [0.1, 0.15) is 23.6 Å². The third-order valence-electron chi connectivity index (χ3n) is 5.94. The Balaban J connectivity index is 1.62. The summed E-state index contributed by atoms with van der Waals surface area (Å²) in [4.78, 5) is 2.37. The first kappa shape index (κ1) is 21.6. The third-order valence-corrected chi connectivity index (χ3v) is 5.94. The Morgan fingerprint density at radius 3 is 2.39 bits per heavy atom. The zero-order chi connectivity index (χ0) is 21.5. The van der Waals surface area contributed by atoms with Crippen molar-refractivity contribution in [3.63, 3.8) is 0 Å². The van der Waals surface area contributed by atoms with E-state index < -0.39 is 5.60 Å². The first-order valence-corrected chi connectivity index (χ1v) is 11.1. The van der Waals surface area contributed by atoms with Crippen molar-refractivity contribution >= 4 is 0 Å². The van der Waals surface area contributed by atoms with Crippen molar-refractivity contribution in [2.45, 2.75) is 31.6 Å². The van der Waals surface area contributed by atoms with Gasteiger partial charge in [0.25, 0.3) is 0 Å². The largest absolute Gasteiger partial charge is 0.494 e. The fourth-order valence-electron chi connectivity index (χ4n) is 4.34. The molecule has 4 heteroatoms. The van der Waals surface area contributed by atoms with Gasteiger partial charge in [-0.3, -0.25) is 4.90 Å². The first-order valence-electron chi connectivity index (χ1n) is 11.1. The van der Waals surface area contributed by atoms with Gasteiger partial charge in [-0.05, 0) is 29.7 Å². The average Bonchev–Trinajstić information content (AvgIpc) is 2.82. The van der Waals surface area contributed by atoms with Crippen LogP contribution in [0.2, 0.25) is 0 Å². The van der Waals surface area contributed by atoms with E-state index in [-0.39, 0.29) is 6.10 Å². The molecule has 4 nitrogen and oxygen atoms in total. The van der Waals surface area contributed by atoms with E-state index in [9.17, 15) is 5.11 Å². The van der Waals surface area contributed by atoms with Crippen molar-refractivity contribution in [2.75, 3.05) is 26.3 Å². The van der Waals surface area contributed by atoms with Crippen LogP contribution < -0.4 is 4.74 Å². The molecule has 0 amide bonds. The average molecular weight is 418 g/mol. The zero-order valence-corrected chi connectivity index (χ0v) is 18.1. The number of hydrogen-bond acceptors (Lipinski definition) is 4. The molecule has 0 saturated carbocycles. The fourth-order valence-corrected chi connectivity index (χ4v) is 4.34. The molecule has 31 heavy (non-hydrogen) atoms. The molecule has 162 valence electrons. The highest BCUT2D eigenvalue weighted by Gasteiger charge is 2.42. The lowest BCUT2D eigenvalue weighted by molar-refractivity contribution is -0.150. The number of morpholine rings is 1. The Kier molecular flexibility index (Phi) is 7.03. The number of ether oxygens (including phenoxy) is 2. The van der Waals surface area contributed by atoms with Gasteiger partial charge in [-0.15, -0.1) is 0 Å². The summed E-state index contributed by atoms with van der Waals surface area (Å²) in [6.45, 7) is 5.53. The van der Waals surface area contributed by atoms with Crippen LogP contribution in [0.5, 0.6) is 5.75 Å².